The van der Waals surface area contributed by atoms with Crippen LogP contribution in [0.1, 0.15) is 53.9 Å². The minimum absolute atomic E-state index is 0.179. The average Bonchev–Trinajstić information content (AvgIpc) is 2.83. The molecule has 0 aliphatic heterocycles. The SMILES string of the molecule is C=C(C)C(=O)OCC/C(=C/C(=C)C(=C)/C=C(/C)C(=C)C(=C)/C=C\C(=C)C(C)CCC(C)C)C(=C)OC. The zero-order valence-electron chi connectivity index (χ0n) is 23.5. The molecule has 0 amide bonds. The molecule has 1 atom stereocenters. The highest BCUT2D eigenvalue weighted by Crippen LogP contribution is 2.25. The normalized spacial score (nSPS) is 12.8. The van der Waals surface area contributed by atoms with Gasteiger partial charge in [-0.1, -0.05) is 97.0 Å². The minimum atomic E-state index is -0.430. The smallest absolute Gasteiger partial charge is 0.333 e. The van der Waals surface area contributed by atoms with Gasteiger partial charge in [0, 0.05) is 12.0 Å². The third-order valence-electron chi connectivity index (χ3n) is 5.88. The number of hydrogen-bond donors (Lipinski definition) is 0. The van der Waals surface area contributed by atoms with Gasteiger partial charge in [-0.15, -0.1) is 0 Å². The first-order chi connectivity index (χ1) is 16.7. The predicted octanol–water partition coefficient (Wildman–Crippen LogP) is 8.94. The fraction of sp³-hybridized carbons (Fsp3) is 0.364. The highest BCUT2D eigenvalue weighted by Gasteiger charge is 2.10. The minimum Gasteiger partial charge on any atom is -0.497 e. The quantitative estimate of drug-likeness (QED) is 0.0883. The summed E-state index contributed by atoms with van der Waals surface area (Å²) in [6.07, 6.45) is 10.5. The lowest BCUT2D eigenvalue weighted by Crippen LogP contribution is -2.07. The molecule has 0 aromatic rings. The Morgan fingerprint density at radius 1 is 0.833 bits per heavy atom. The number of rotatable bonds is 17. The molecule has 0 bridgehead atoms. The molecule has 3 heteroatoms. The maximum absolute atomic E-state index is 11.6. The van der Waals surface area contributed by atoms with Crippen molar-refractivity contribution < 1.29 is 14.3 Å². The van der Waals surface area contributed by atoms with E-state index in [1.807, 2.05) is 31.2 Å². The van der Waals surface area contributed by atoms with E-state index in [-0.39, 0.29) is 6.61 Å². The summed E-state index contributed by atoms with van der Waals surface area (Å²) in [7, 11) is 1.54. The van der Waals surface area contributed by atoms with Crippen molar-refractivity contribution in [2.24, 2.45) is 11.8 Å². The van der Waals surface area contributed by atoms with Gasteiger partial charge in [-0.2, -0.15) is 0 Å². The summed E-state index contributed by atoms with van der Waals surface area (Å²) in [5.41, 5.74) is 6.20. The third kappa shape index (κ3) is 12.4. The van der Waals surface area contributed by atoms with Gasteiger partial charge in [-0.25, -0.2) is 4.79 Å². The van der Waals surface area contributed by atoms with Gasteiger partial charge in [-0.3, -0.25) is 0 Å². The molecule has 0 saturated carbocycles. The van der Waals surface area contributed by atoms with Crippen molar-refractivity contribution in [1.82, 2.24) is 0 Å². The van der Waals surface area contributed by atoms with Crippen LogP contribution in [-0.2, 0) is 14.3 Å². The Morgan fingerprint density at radius 3 is 1.94 bits per heavy atom. The van der Waals surface area contributed by atoms with E-state index in [0.717, 1.165) is 39.9 Å². The lowest BCUT2D eigenvalue weighted by molar-refractivity contribution is -0.138. The second-order valence-electron chi connectivity index (χ2n) is 9.63. The molecular weight excluding hydrogens is 444 g/mol. The van der Waals surface area contributed by atoms with Crippen molar-refractivity contribution in [3.63, 3.8) is 0 Å². The Hall–Kier alpha value is -3.33. The molecule has 0 aliphatic rings. The zero-order valence-corrected chi connectivity index (χ0v) is 23.5. The maximum atomic E-state index is 11.6. The molecule has 0 heterocycles. The van der Waals surface area contributed by atoms with E-state index in [0.29, 0.717) is 35.2 Å². The number of esters is 1. The van der Waals surface area contributed by atoms with Crippen molar-refractivity contribution in [2.75, 3.05) is 13.7 Å². The number of carbonyl (C=O) groups excluding carboxylic acids is 1. The van der Waals surface area contributed by atoms with Gasteiger partial charge in [0.2, 0.25) is 0 Å². The van der Waals surface area contributed by atoms with Gasteiger partial charge in [0.1, 0.15) is 5.76 Å². The largest absolute Gasteiger partial charge is 0.497 e. The second-order valence-corrected chi connectivity index (χ2v) is 9.63. The second kappa shape index (κ2) is 16.4. The monoisotopic (exact) mass is 490 g/mol. The molecule has 0 aromatic carbocycles. The van der Waals surface area contributed by atoms with Crippen LogP contribution in [0.4, 0.5) is 0 Å². The van der Waals surface area contributed by atoms with Crippen molar-refractivity contribution in [3.8, 4) is 0 Å². The van der Waals surface area contributed by atoms with Crippen LogP contribution < -0.4 is 0 Å². The maximum Gasteiger partial charge on any atom is 0.333 e. The van der Waals surface area contributed by atoms with Crippen LogP contribution in [0.2, 0.25) is 0 Å². The van der Waals surface area contributed by atoms with Crippen LogP contribution in [-0.4, -0.2) is 19.7 Å². The topological polar surface area (TPSA) is 35.5 Å². The van der Waals surface area contributed by atoms with Crippen molar-refractivity contribution in [1.29, 1.82) is 0 Å². The van der Waals surface area contributed by atoms with Crippen molar-refractivity contribution in [3.05, 3.63) is 121 Å². The van der Waals surface area contributed by atoms with Gasteiger partial charge < -0.3 is 9.47 Å². The Bertz CT molecular complexity index is 992. The number of allylic oxidation sites excluding steroid dienone is 11. The van der Waals surface area contributed by atoms with Gasteiger partial charge >= 0.3 is 5.97 Å². The number of hydrogen-bond acceptors (Lipinski definition) is 3. The Kier molecular flexibility index (Phi) is 14.8. The number of ether oxygens (including phenoxy) is 2. The summed E-state index contributed by atoms with van der Waals surface area (Å²) < 4.78 is 10.5. The first kappa shape index (κ1) is 32.7. The van der Waals surface area contributed by atoms with Crippen molar-refractivity contribution in [2.45, 2.75) is 53.9 Å². The first-order valence-electron chi connectivity index (χ1n) is 12.3. The summed E-state index contributed by atoms with van der Waals surface area (Å²) in [6.45, 7) is 38.8. The molecule has 0 spiro atoms. The van der Waals surface area contributed by atoms with E-state index in [9.17, 15) is 4.79 Å². The molecule has 0 radical (unpaired) electrons. The molecule has 36 heavy (non-hydrogen) atoms. The van der Waals surface area contributed by atoms with E-state index < -0.39 is 5.97 Å². The van der Waals surface area contributed by atoms with Gasteiger partial charge in [0.05, 0.1) is 13.7 Å². The molecule has 3 nitrogen and oxygen atoms in total. The molecule has 0 aromatic heterocycles. The fourth-order valence-electron chi connectivity index (χ4n) is 3.04. The Morgan fingerprint density at radius 2 is 1.42 bits per heavy atom. The lowest BCUT2D eigenvalue weighted by atomic mass is 9.92. The van der Waals surface area contributed by atoms with Crippen LogP contribution in [0.5, 0.6) is 0 Å². The van der Waals surface area contributed by atoms with Gasteiger partial charge in [0.15, 0.2) is 0 Å². The van der Waals surface area contributed by atoms with Gasteiger partial charge in [0.25, 0.3) is 0 Å². The molecular formula is C33H46O3. The Labute approximate surface area is 220 Å². The Balaban J connectivity index is 5.28. The molecule has 1 unspecified atom stereocenters. The van der Waals surface area contributed by atoms with E-state index in [1.54, 1.807) is 14.0 Å². The standard InChI is InChI=1S/C33H46O3/c1-22(2)14-15-24(5)25(6)16-17-26(7)30(11)29(10)20-27(8)28(9)21-32(31(12)35-13)18-19-36-33(34)23(3)4/h16-17,20-22,24H,3,6-9,11-12,14-15,18-19H2,1-2,4-5,10,13H3/b17-16-,29-20-,32-21-. The third-order valence-corrected chi connectivity index (χ3v) is 5.88. The molecule has 0 fully saturated rings. The van der Waals surface area contributed by atoms with Crippen LogP contribution in [0, 0.1) is 11.8 Å². The van der Waals surface area contributed by atoms with Crippen LogP contribution >= 0.6 is 0 Å². The van der Waals surface area contributed by atoms with E-state index >= 15 is 0 Å². The molecule has 0 rings (SSSR count). The summed E-state index contributed by atoms with van der Waals surface area (Å²) in [6, 6.07) is 0. The van der Waals surface area contributed by atoms with E-state index in [4.69, 9.17) is 9.47 Å². The lowest BCUT2D eigenvalue weighted by Gasteiger charge is -2.14. The highest BCUT2D eigenvalue weighted by atomic mass is 16.5. The molecule has 196 valence electrons. The molecule has 0 aliphatic carbocycles. The molecule has 0 N–H and O–H groups in total. The zero-order chi connectivity index (χ0) is 28.0. The summed E-state index contributed by atoms with van der Waals surface area (Å²) in [4.78, 5) is 11.6. The van der Waals surface area contributed by atoms with E-state index in [1.165, 1.54) is 6.42 Å². The number of carbonyl (C=O) groups is 1. The van der Waals surface area contributed by atoms with Crippen LogP contribution in [0.15, 0.2) is 121 Å². The van der Waals surface area contributed by atoms with Crippen LogP contribution in [0.25, 0.3) is 0 Å². The average molecular weight is 491 g/mol. The van der Waals surface area contributed by atoms with Gasteiger partial charge in [-0.05, 0) is 71.6 Å². The molecule has 0 saturated heterocycles. The van der Waals surface area contributed by atoms with Crippen LogP contribution in [0.3, 0.4) is 0 Å². The highest BCUT2D eigenvalue weighted by molar-refractivity contribution is 5.86. The van der Waals surface area contributed by atoms with E-state index in [2.05, 4.69) is 66.8 Å². The summed E-state index contributed by atoms with van der Waals surface area (Å²) >= 11 is 0. The predicted molar refractivity (Wildman–Crippen MR) is 156 cm³/mol. The summed E-state index contributed by atoms with van der Waals surface area (Å²) in [5, 5.41) is 0. The number of methoxy groups -OCH3 is 1. The van der Waals surface area contributed by atoms with Crippen molar-refractivity contribution >= 4 is 5.97 Å². The first-order valence-corrected chi connectivity index (χ1v) is 12.3. The fourth-order valence-corrected chi connectivity index (χ4v) is 3.04. The summed E-state index contributed by atoms with van der Waals surface area (Å²) in [5.74, 6) is 1.16.